The van der Waals surface area contributed by atoms with Gasteiger partial charge in [0, 0.05) is 25.4 Å². The third-order valence-electron chi connectivity index (χ3n) is 4.35. The van der Waals surface area contributed by atoms with Gasteiger partial charge in [0.05, 0.1) is 19.8 Å². The van der Waals surface area contributed by atoms with E-state index in [0.717, 1.165) is 0 Å². The Labute approximate surface area is 174 Å². The Balaban J connectivity index is 1.66. The summed E-state index contributed by atoms with van der Waals surface area (Å²) in [7, 11) is 1.64. The molecule has 0 saturated heterocycles. The van der Waals surface area contributed by atoms with Crippen LogP contribution < -0.4 is 20.5 Å². The molecule has 30 heavy (non-hydrogen) atoms. The Morgan fingerprint density at radius 1 is 1.10 bits per heavy atom. The van der Waals surface area contributed by atoms with Crippen LogP contribution in [0.2, 0.25) is 0 Å². The quantitative estimate of drug-likeness (QED) is 0.577. The minimum atomic E-state index is -0.274. The number of benzene rings is 1. The van der Waals surface area contributed by atoms with Gasteiger partial charge >= 0.3 is 5.69 Å². The Morgan fingerprint density at radius 2 is 1.87 bits per heavy atom. The van der Waals surface area contributed by atoms with Crippen molar-refractivity contribution in [3.05, 3.63) is 58.6 Å². The number of amides is 1. The lowest BCUT2D eigenvalue weighted by atomic mass is 10.2. The molecule has 3 aromatic rings. The topological polar surface area (TPSA) is 100 Å². The lowest BCUT2D eigenvalue weighted by molar-refractivity contribution is 0.0951. The van der Waals surface area contributed by atoms with E-state index in [2.05, 4.69) is 15.4 Å². The van der Waals surface area contributed by atoms with E-state index in [1.54, 1.807) is 43.6 Å². The summed E-state index contributed by atoms with van der Waals surface area (Å²) in [5.74, 6) is 1.32. The second kappa shape index (κ2) is 9.73. The molecule has 0 aliphatic rings. The average Bonchev–Trinajstić information content (AvgIpc) is 3.04. The first-order chi connectivity index (χ1) is 14.5. The van der Waals surface area contributed by atoms with E-state index >= 15 is 0 Å². The van der Waals surface area contributed by atoms with Gasteiger partial charge in [-0.2, -0.15) is 0 Å². The van der Waals surface area contributed by atoms with Crippen molar-refractivity contribution in [2.24, 2.45) is 7.05 Å². The molecule has 9 heteroatoms. The standard InChI is InChI=1S/C21H25N5O4/c1-4-29-17-10-9-15(14-18(17)30-5-2)20(27)23-12-13-26-21(28)25(3)19(24-26)16-8-6-7-11-22-16/h6-11,14H,4-5,12-13H2,1-3H3,(H,23,27). The Kier molecular flexibility index (Phi) is 6.84. The SMILES string of the molecule is CCOc1ccc(C(=O)NCCn2nc(-c3ccccn3)n(C)c2=O)cc1OCC. The molecular formula is C21H25N5O4. The summed E-state index contributed by atoms with van der Waals surface area (Å²) < 4.78 is 13.8. The van der Waals surface area contributed by atoms with Crippen molar-refractivity contribution in [1.29, 1.82) is 0 Å². The van der Waals surface area contributed by atoms with Crippen molar-refractivity contribution >= 4 is 5.91 Å². The van der Waals surface area contributed by atoms with Crippen LogP contribution in [-0.4, -0.2) is 45.0 Å². The average molecular weight is 411 g/mol. The van der Waals surface area contributed by atoms with Crippen molar-refractivity contribution in [3.63, 3.8) is 0 Å². The molecule has 0 spiro atoms. The maximum atomic E-state index is 12.5. The molecule has 1 N–H and O–H groups in total. The van der Waals surface area contributed by atoms with Gasteiger partial charge < -0.3 is 14.8 Å². The van der Waals surface area contributed by atoms with Gasteiger partial charge in [-0.05, 0) is 44.2 Å². The predicted molar refractivity (Wildman–Crippen MR) is 112 cm³/mol. The monoisotopic (exact) mass is 411 g/mol. The zero-order chi connectivity index (χ0) is 21.5. The molecular weight excluding hydrogens is 386 g/mol. The zero-order valence-electron chi connectivity index (χ0n) is 17.3. The predicted octanol–water partition coefficient (Wildman–Crippen LogP) is 1.87. The van der Waals surface area contributed by atoms with E-state index in [0.29, 0.717) is 41.8 Å². The van der Waals surface area contributed by atoms with Crippen LogP contribution in [0, 0.1) is 0 Å². The summed E-state index contributed by atoms with van der Waals surface area (Å²) >= 11 is 0. The van der Waals surface area contributed by atoms with Gasteiger partial charge in [-0.3, -0.25) is 14.3 Å². The summed E-state index contributed by atoms with van der Waals surface area (Å²) in [6.45, 7) is 5.20. The van der Waals surface area contributed by atoms with Gasteiger partial charge in [-0.25, -0.2) is 9.48 Å². The van der Waals surface area contributed by atoms with Gasteiger partial charge in [-0.15, -0.1) is 5.10 Å². The lowest BCUT2D eigenvalue weighted by Gasteiger charge is -2.12. The van der Waals surface area contributed by atoms with Crippen molar-refractivity contribution in [1.82, 2.24) is 24.6 Å². The van der Waals surface area contributed by atoms with Crippen LogP contribution in [0.1, 0.15) is 24.2 Å². The number of pyridine rings is 1. The van der Waals surface area contributed by atoms with Crippen molar-refractivity contribution in [2.75, 3.05) is 19.8 Å². The molecule has 0 atom stereocenters. The number of aromatic nitrogens is 4. The summed E-state index contributed by atoms with van der Waals surface area (Å²) in [5, 5.41) is 7.14. The molecule has 0 unspecified atom stereocenters. The van der Waals surface area contributed by atoms with E-state index < -0.39 is 0 Å². The molecule has 0 bridgehead atoms. The summed E-state index contributed by atoms with van der Waals surface area (Å²) in [4.78, 5) is 29.2. The van der Waals surface area contributed by atoms with Crippen molar-refractivity contribution < 1.29 is 14.3 Å². The van der Waals surface area contributed by atoms with Crippen LogP contribution in [0.15, 0.2) is 47.4 Å². The van der Waals surface area contributed by atoms with Gasteiger partial charge in [0.1, 0.15) is 5.69 Å². The van der Waals surface area contributed by atoms with Gasteiger partial charge in [0.25, 0.3) is 5.91 Å². The highest BCUT2D eigenvalue weighted by Gasteiger charge is 2.14. The smallest absolute Gasteiger partial charge is 0.346 e. The fourth-order valence-electron chi connectivity index (χ4n) is 2.92. The number of nitrogens with one attached hydrogen (secondary N) is 1. The molecule has 158 valence electrons. The number of hydrogen-bond donors (Lipinski definition) is 1. The third kappa shape index (κ3) is 4.68. The van der Waals surface area contributed by atoms with E-state index in [4.69, 9.17) is 9.47 Å². The molecule has 0 radical (unpaired) electrons. The second-order valence-corrected chi connectivity index (χ2v) is 6.39. The minimum Gasteiger partial charge on any atom is -0.490 e. The molecule has 2 aromatic heterocycles. The normalized spacial score (nSPS) is 10.6. The lowest BCUT2D eigenvalue weighted by Crippen LogP contribution is -2.31. The van der Waals surface area contributed by atoms with Crippen LogP contribution in [-0.2, 0) is 13.6 Å². The zero-order valence-corrected chi connectivity index (χ0v) is 17.3. The molecule has 0 aliphatic carbocycles. The molecule has 0 aliphatic heterocycles. The third-order valence-corrected chi connectivity index (χ3v) is 4.35. The minimum absolute atomic E-state index is 0.237. The highest BCUT2D eigenvalue weighted by Crippen LogP contribution is 2.28. The fourth-order valence-corrected chi connectivity index (χ4v) is 2.92. The van der Waals surface area contributed by atoms with E-state index in [1.165, 1.54) is 9.25 Å². The van der Waals surface area contributed by atoms with Gasteiger partial charge in [0.15, 0.2) is 17.3 Å². The van der Waals surface area contributed by atoms with E-state index in [1.807, 2.05) is 19.9 Å². The highest BCUT2D eigenvalue weighted by molar-refractivity contribution is 5.94. The largest absolute Gasteiger partial charge is 0.490 e. The maximum Gasteiger partial charge on any atom is 0.346 e. The Morgan fingerprint density at radius 3 is 2.57 bits per heavy atom. The Hall–Kier alpha value is -3.62. The van der Waals surface area contributed by atoms with Crippen LogP contribution in [0.4, 0.5) is 0 Å². The summed E-state index contributed by atoms with van der Waals surface area (Å²) in [6.07, 6.45) is 1.65. The summed E-state index contributed by atoms with van der Waals surface area (Å²) in [5.41, 5.74) is 0.784. The highest BCUT2D eigenvalue weighted by atomic mass is 16.5. The number of rotatable bonds is 9. The van der Waals surface area contributed by atoms with Crippen molar-refractivity contribution in [3.8, 4) is 23.0 Å². The van der Waals surface area contributed by atoms with Crippen LogP contribution in [0.25, 0.3) is 11.5 Å². The molecule has 2 heterocycles. The first-order valence-electron chi connectivity index (χ1n) is 9.78. The van der Waals surface area contributed by atoms with E-state index in [-0.39, 0.29) is 24.7 Å². The van der Waals surface area contributed by atoms with Gasteiger partial charge in [-0.1, -0.05) is 6.07 Å². The number of ether oxygens (including phenoxy) is 2. The number of nitrogens with zero attached hydrogens (tertiary/aromatic N) is 4. The molecule has 3 rings (SSSR count). The summed E-state index contributed by atoms with van der Waals surface area (Å²) in [6, 6.07) is 10.5. The molecule has 1 aromatic carbocycles. The first-order valence-corrected chi connectivity index (χ1v) is 9.78. The van der Waals surface area contributed by atoms with Crippen LogP contribution in [0.3, 0.4) is 0 Å². The Bertz CT molecular complexity index is 1060. The fraction of sp³-hybridized carbons (Fsp3) is 0.333. The second-order valence-electron chi connectivity index (χ2n) is 6.39. The number of carbonyl (C=O) groups is 1. The molecule has 0 saturated carbocycles. The van der Waals surface area contributed by atoms with Crippen molar-refractivity contribution in [2.45, 2.75) is 20.4 Å². The number of carbonyl (C=O) groups excluding carboxylic acids is 1. The van der Waals surface area contributed by atoms with Crippen LogP contribution in [0.5, 0.6) is 11.5 Å². The molecule has 1 amide bonds. The van der Waals surface area contributed by atoms with E-state index in [9.17, 15) is 9.59 Å². The molecule has 9 nitrogen and oxygen atoms in total. The molecule has 0 fully saturated rings. The van der Waals surface area contributed by atoms with Crippen LogP contribution >= 0.6 is 0 Å². The first kappa shape index (κ1) is 21.1. The number of hydrogen-bond acceptors (Lipinski definition) is 6. The van der Waals surface area contributed by atoms with Gasteiger partial charge in [0.2, 0.25) is 0 Å². The maximum absolute atomic E-state index is 12.5.